The van der Waals surface area contributed by atoms with Crippen LogP contribution in [0.2, 0.25) is 0 Å². The van der Waals surface area contributed by atoms with Gasteiger partial charge in [0.25, 0.3) is 0 Å². The van der Waals surface area contributed by atoms with E-state index in [0.29, 0.717) is 21.4 Å². The van der Waals surface area contributed by atoms with Crippen LogP contribution in [0.3, 0.4) is 0 Å². The molecule has 0 saturated heterocycles. The number of benzene rings is 2. The van der Waals surface area contributed by atoms with Gasteiger partial charge in [0.1, 0.15) is 0 Å². The first-order valence-electron chi connectivity index (χ1n) is 11.3. The van der Waals surface area contributed by atoms with Crippen molar-refractivity contribution in [3.8, 4) is 27.6 Å². The summed E-state index contributed by atoms with van der Waals surface area (Å²) in [6, 6.07) is 19.1. The summed E-state index contributed by atoms with van der Waals surface area (Å²) < 4.78 is 1.36. The van der Waals surface area contributed by atoms with Crippen molar-refractivity contribution in [1.29, 1.82) is 0 Å². The standard InChI is InChI=1S/C26H22N6O3S2/c1-15-21(26(2,3)23(34)35)37-24(27-15)30-29-20-19(17-12-8-5-9-13-17)31-32(22(20)33)25-28-18(14-36-25)16-10-6-4-7-11-16/h4-14,31H,1-3H3,(H,34,35). The highest BCUT2D eigenvalue weighted by atomic mass is 32.1. The highest BCUT2D eigenvalue weighted by Gasteiger charge is 2.34. The number of azo groups is 1. The third-order valence-electron chi connectivity index (χ3n) is 5.80. The summed E-state index contributed by atoms with van der Waals surface area (Å²) in [6.07, 6.45) is 0. The van der Waals surface area contributed by atoms with Gasteiger partial charge in [-0.15, -0.1) is 21.6 Å². The molecule has 186 valence electrons. The van der Waals surface area contributed by atoms with Crippen molar-refractivity contribution < 1.29 is 9.90 Å². The summed E-state index contributed by atoms with van der Waals surface area (Å²) in [5, 5.41) is 23.9. The molecular weight excluding hydrogens is 508 g/mol. The SMILES string of the molecule is Cc1nc(N=Nc2c(-c3ccccc3)[nH]n(-c3nc(-c4ccccc4)cs3)c2=O)sc1C(C)(C)C(=O)O. The van der Waals surface area contributed by atoms with Crippen molar-refractivity contribution in [1.82, 2.24) is 19.7 Å². The summed E-state index contributed by atoms with van der Waals surface area (Å²) in [6.45, 7) is 4.97. The fraction of sp³-hybridized carbons (Fsp3) is 0.154. The Balaban J connectivity index is 1.57. The number of carbonyl (C=O) groups is 1. The summed E-state index contributed by atoms with van der Waals surface area (Å²) in [4.78, 5) is 34.8. The van der Waals surface area contributed by atoms with Crippen LogP contribution in [0.1, 0.15) is 24.4 Å². The largest absolute Gasteiger partial charge is 0.481 e. The smallest absolute Gasteiger partial charge is 0.314 e. The van der Waals surface area contributed by atoms with Crippen LogP contribution in [-0.4, -0.2) is 30.8 Å². The lowest BCUT2D eigenvalue weighted by atomic mass is 9.91. The molecule has 0 amide bonds. The number of aromatic nitrogens is 4. The van der Waals surface area contributed by atoms with Crippen LogP contribution in [-0.2, 0) is 10.2 Å². The van der Waals surface area contributed by atoms with E-state index in [2.05, 4.69) is 25.3 Å². The summed E-state index contributed by atoms with van der Waals surface area (Å²) in [5.41, 5.74) is 2.11. The third-order valence-corrected chi connectivity index (χ3v) is 8.00. The van der Waals surface area contributed by atoms with Gasteiger partial charge < -0.3 is 5.11 Å². The lowest BCUT2D eigenvalue weighted by Crippen LogP contribution is -2.28. The number of nitrogens with one attached hydrogen (secondary N) is 1. The van der Waals surface area contributed by atoms with Crippen LogP contribution in [0, 0.1) is 6.92 Å². The van der Waals surface area contributed by atoms with E-state index >= 15 is 0 Å². The van der Waals surface area contributed by atoms with Crippen molar-refractivity contribution in [2.45, 2.75) is 26.2 Å². The molecule has 11 heteroatoms. The molecule has 3 heterocycles. The summed E-state index contributed by atoms with van der Waals surface area (Å²) in [7, 11) is 0. The Hall–Kier alpha value is -4.22. The minimum Gasteiger partial charge on any atom is -0.481 e. The van der Waals surface area contributed by atoms with Crippen molar-refractivity contribution in [3.05, 3.63) is 87.0 Å². The number of aromatic amines is 1. The Morgan fingerprint density at radius 3 is 2.30 bits per heavy atom. The molecule has 37 heavy (non-hydrogen) atoms. The van der Waals surface area contributed by atoms with Crippen LogP contribution in [0.5, 0.6) is 0 Å². The molecule has 0 aliphatic carbocycles. The van der Waals surface area contributed by atoms with E-state index < -0.39 is 16.9 Å². The number of hydrogen-bond donors (Lipinski definition) is 2. The Labute approximate surface area is 219 Å². The zero-order valence-corrected chi connectivity index (χ0v) is 21.8. The number of rotatable bonds is 7. The highest BCUT2D eigenvalue weighted by Crippen LogP contribution is 2.37. The number of H-pyrrole nitrogens is 1. The maximum Gasteiger partial charge on any atom is 0.314 e. The van der Waals surface area contributed by atoms with Gasteiger partial charge >= 0.3 is 11.5 Å². The molecule has 0 aliphatic rings. The van der Waals surface area contributed by atoms with E-state index in [0.717, 1.165) is 28.2 Å². The Kier molecular flexibility index (Phi) is 6.40. The molecule has 0 unspecified atom stereocenters. The molecule has 2 aromatic carbocycles. The fourth-order valence-corrected chi connectivity index (χ4v) is 5.54. The number of carboxylic acid groups (broad SMARTS) is 1. The Morgan fingerprint density at radius 2 is 1.65 bits per heavy atom. The molecule has 0 aliphatic heterocycles. The van der Waals surface area contributed by atoms with Crippen LogP contribution in [0.4, 0.5) is 10.8 Å². The third kappa shape index (κ3) is 4.66. The van der Waals surface area contributed by atoms with Crippen LogP contribution >= 0.6 is 22.7 Å². The van der Waals surface area contributed by atoms with E-state index in [1.54, 1.807) is 20.8 Å². The molecule has 5 aromatic rings. The minimum absolute atomic E-state index is 0.106. The van der Waals surface area contributed by atoms with Gasteiger partial charge in [0.05, 0.1) is 22.5 Å². The van der Waals surface area contributed by atoms with Crippen molar-refractivity contribution in [2.24, 2.45) is 10.2 Å². The van der Waals surface area contributed by atoms with E-state index in [1.165, 1.54) is 16.0 Å². The van der Waals surface area contributed by atoms with E-state index in [1.807, 2.05) is 66.0 Å². The number of aliphatic carboxylic acids is 1. The van der Waals surface area contributed by atoms with Crippen LogP contribution < -0.4 is 5.56 Å². The normalized spacial score (nSPS) is 11.9. The van der Waals surface area contributed by atoms with E-state index in [4.69, 9.17) is 0 Å². The van der Waals surface area contributed by atoms with Crippen molar-refractivity contribution >= 4 is 39.5 Å². The quantitative estimate of drug-likeness (QED) is 0.232. The second-order valence-electron chi connectivity index (χ2n) is 8.76. The summed E-state index contributed by atoms with van der Waals surface area (Å²) in [5.74, 6) is -0.957. The molecule has 0 fully saturated rings. The van der Waals surface area contributed by atoms with Crippen molar-refractivity contribution in [2.75, 3.05) is 0 Å². The van der Waals surface area contributed by atoms with Gasteiger partial charge in [-0.2, -0.15) is 4.68 Å². The average Bonchev–Trinajstić information content (AvgIpc) is 3.61. The van der Waals surface area contributed by atoms with Crippen LogP contribution in [0.15, 0.2) is 81.1 Å². The van der Waals surface area contributed by atoms with Gasteiger partial charge in [0.2, 0.25) is 10.3 Å². The van der Waals surface area contributed by atoms with Gasteiger partial charge in [-0.05, 0) is 20.8 Å². The van der Waals surface area contributed by atoms with Gasteiger partial charge in [-0.25, -0.2) is 9.97 Å². The number of nitrogens with zero attached hydrogens (tertiary/aromatic N) is 5. The molecule has 0 atom stereocenters. The molecule has 2 N–H and O–H groups in total. The number of hydrogen-bond acceptors (Lipinski definition) is 8. The number of carboxylic acids is 1. The molecule has 5 rings (SSSR count). The Bertz CT molecular complexity index is 1660. The monoisotopic (exact) mass is 530 g/mol. The molecule has 0 saturated carbocycles. The van der Waals surface area contributed by atoms with Gasteiger partial charge in [0.15, 0.2) is 5.69 Å². The second kappa shape index (κ2) is 9.68. The minimum atomic E-state index is -1.12. The molecule has 3 aromatic heterocycles. The number of thiazole rings is 2. The lowest BCUT2D eigenvalue weighted by Gasteiger charge is -2.17. The fourth-order valence-electron chi connectivity index (χ4n) is 3.77. The molecule has 0 bridgehead atoms. The van der Waals surface area contributed by atoms with E-state index in [-0.39, 0.29) is 10.8 Å². The van der Waals surface area contributed by atoms with Gasteiger partial charge in [-0.3, -0.25) is 14.7 Å². The molecule has 0 spiro atoms. The van der Waals surface area contributed by atoms with Gasteiger partial charge in [-0.1, -0.05) is 72.0 Å². The molecule has 0 radical (unpaired) electrons. The van der Waals surface area contributed by atoms with E-state index in [9.17, 15) is 14.7 Å². The number of aryl methyl sites for hydroxylation is 1. The highest BCUT2D eigenvalue weighted by molar-refractivity contribution is 7.15. The average molecular weight is 531 g/mol. The summed E-state index contributed by atoms with van der Waals surface area (Å²) >= 11 is 2.48. The first-order chi connectivity index (χ1) is 17.8. The predicted octanol–water partition coefficient (Wildman–Crippen LogP) is 6.50. The lowest BCUT2D eigenvalue weighted by molar-refractivity contribution is -0.142. The second-order valence-corrected chi connectivity index (χ2v) is 10.6. The molecule has 9 nitrogen and oxygen atoms in total. The Morgan fingerprint density at radius 1 is 1.00 bits per heavy atom. The zero-order valence-electron chi connectivity index (χ0n) is 20.2. The van der Waals surface area contributed by atoms with Crippen molar-refractivity contribution in [3.63, 3.8) is 0 Å². The molecular formula is C26H22N6O3S2. The maximum atomic E-state index is 13.5. The topological polar surface area (TPSA) is 126 Å². The van der Waals surface area contributed by atoms with Gasteiger partial charge in [0, 0.05) is 21.4 Å². The van der Waals surface area contributed by atoms with Crippen LogP contribution in [0.25, 0.3) is 27.6 Å². The predicted molar refractivity (Wildman–Crippen MR) is 145 cm³/mol. The first kappa shape index (κ1) is 24.5. The maximum absolute atomic E-state index is 13.5. The first-order valence-corrected chi connectivity index (χ1v) is 13.0. The zero-order chi connectivity index (χ0) is 26.2.